The highest BCUT2D eigenvalue weighted by Gasteiger charge is 2.25. The van der Waals surface area contributed by atoms with E-state index >= 15 is 0 Å². The van der Waals surface area contributed by atoms with Crippen molar-refractivity contribution in [3.63, 3.8) is 0 Å². The molecule has 3 heteroatoms. The molecule has 0 spiro atoms. The van der Waals surface area contributed by atoms with Crippen molar-refractivity contribution in [3.8, 4) is 11.5 Å². The van der Waals surface area contributed by atoms with Gasteiger partial charge < -0.3 is 14.8 Å². The van der Waals surface area contributed by atoms with Gasteiger partial charge in [0.05, 0.1) is 14.2 Å². The average molecular weight is 291 g/mol. The van der Waals surface area contributed by atoms with Crippen molar-refractivity contribution in [3.05, 3.63) is 23.8 Å². The van der Waals surface area contributed by atoms with Crippen LogP contribution in [-0.2, 0) is 0 Å². The quantitative estimate of drug-likeness (QED) is 0.800. The lowest BCUT2D eigenvalue weighted by molar-refractivity contribution is 0.352. The Hall–Kier alpha value is -1.22. The number of methoxy groups -OCH3 is 2. The molecule has 3 nitrogen and oxygen atoms in total. The largest absolute Gasteiger partial charge is 0.493 e. The highest BCUT2D eigenvalue weighted by atomic mass is 16.5. The minimum absolute atomic E-state index is 0.582. The monoisotopic (exact) mass is 291 g/mol. The molecule has 1 N–H and O–H groups in total. The molecule has 1 saturated carbocycles. The van der Waals surface area contributed by atoms with Gasteiger partial charge in [0.25, 0.3) is 0 Å². The normalized spacial score (nSPS) is 22.6. The number of nitrogens with one attached hydrogen (secondary N) is 1. The van der Waals surface area contributed by atoms with Crippen LogP contribution in [0.5, 0.6) is 11.5 Å². The topological polar surface area (TPSA) is 30.5 Å². The fourth-order valence-electron chi connectivity index (χ4n) is 3.36. The Morgan fingerprint density at radius 3 is 2.52 bits per heavy atom. The Bertz CT molecular complexity index is 433. The molecular formula is C18H29NO2. The molecule has 0 amide bonds. The van der Waals surface area contributed by atoms with E-state index in [1.165, 1.54) is 44.1 Å². The van der Waals surface area contributed by atoms with Crippen LogP contribution in [0.3, 0.4) is 0 Å². The van der Waals surface area contributed by atoms with Crippen LogP contribution in [0.15, 0.2) is 18.2 Å². The number of hydrogen-bond acceptors (Lipinski definition) is 3. The van der Waals surface area contributed by atoms with Crippen LogP contribution in [0, 0.1) is 0 Å². The summed E-state index contributed by atoms with van der Waals surface area (Å²) in [7, 11) is 3.40. The van der Waals surface area contributed by atoms with Crippen LogP contribution in [0.25, 0.3) is 0 Å². The first kappa shape index (κ1) is 16.2. The molecule has 118 valence electrons. The summed E-state index contributed by atoms with van der Waals surface area (Å²) >= 11 is 0. The van der Waals surface area contributed by atoms with Crippen molar-refractivity contribution in [2.45, 2.75) is 57.4 Å². The zero-order chi connectivity index (χ0) is 15.1. The lowest BCUT2D eigenvalue weighted by Crippen LogP contribution is -2.34. The molecule has 0 bridgehead atoms. The van der Waals surface area contributed by atoms with Crippen molar-refractivity contribution in [2.24, 2.45) is 0 Å². The van der Waals surface area contributed by atoms with Gasteiger partial charge >= 0.3 is 0 Å². The molecule has 0 saturated heterocycles. The van der Waals surface area contributed by atoms with E-state index in [9.17, 15) is 0 Å². The number of hydrogen-bond donors (Lipinski definition) is 1. The van der Waals surface area contributed by atoms with E-state index < -0.39 is 0 Å². The standard InChI is InChI=1S/C18H29NO2/c1-4-12-19-16-9-7-5-6-8-15(16)14-10-11-17(20-2)18(13-14)21-3/h10-11,13,15-16,19H,4-9,12H2,1-3H3. The van der Waals surface area contributed by atoms with Crippen molar-refractivity contribution >= 4 is 0 Å². The lowest BCUT2D eigenvalue weighted by atomic mass is 9.87. The number of rotatable bonds is 6. The molecule has 0 aliphatic heterocycles. The minimum atomic E-state index is 0.582. The van der Waals surface area contributed by atoms with Gasteiger partial charge in [-0.25, -0.2) is 0 Å². The van der Waals surface area contributed by atoms with Gasteiger partial charge in [-0.05, 0) is 49.4 Å². The zero-order valence-corrected chi connectivity index (χ0v) is 13.7. The second kappa shape index (κ2) is 8.28. The highest BCUT2D eigenvalue weighted by molar-refractivity contribution is 5.44. The molecular weight excluding hydrogens is 262 g/mol. The van der Waals surface area contributed by atoms with E-state index in [0.29, 0.717) is 12.0 Å². The molecule has 2 atom stereocenters. The molecule has 2 rings (SSSR count). The summed E-state index contributed by atoms with van der Waals surface area (Å²) in [6.45, 7) is 3.34. The van der Waals surface area contributed by atoms with Gasteiger partial charge in [0.15, 0.2) is 11.5 Å². The van der Waals surface area contributed by atoms with Gasteiger partial charge in [-0.15, -0.1) is 0 Å². The fourth-order valence-corrected chi connectivity index (χ4v) is 3.36. The molecule has 1 aliphatic rings. The SMILES string of the molecule is CCCNC1CCCCCC1c1ccc(OC)c(OC)c1. The Labute approximate surface area is 129 Å². The average Bonchev–Trinajstić information content (AvgIpc) is 2.77. The van der Waals surface area contributed by atoms with E-state index in [0.717, 1.165) is 18.0 Å². The third kappa shape index (κ3) is 4.13. The fraction of sp³-hybridized carbons (Fsp3) is 0.667. The van der Waals surface area contributed by atoms with Crippen LogP contribution in [0.4, 0.5) is 0 Å². The smallest absolute Gasteiger partial charge is 0.160 e. The highest BCUT2D eigenvalue weighted by Crippen LogP contribution is 2.36. The lowest BCUT2D eigenvalue weighted by Gasteiger charge is -2.27. The van der Waals surface area contributed by atoms with Crippen LogP contribution in [0.2, 0.25) is 0 Å². The van der Waals surface area contributed by atoms with Gasteiger partial charge in [-0.3, -0.25) is 0 Å². The van der Waals surface area contributed by atoms with E-state index in [4.69, 9.17) is 9.47 Å². The molecule has 21 heavy (non-hydrogen) atoms. The first-order valence-corrected chi connectivity index (χ1v) is 8.25. The summed E-state index contributed by atoms with van der Waals surface area (Å²) in [6, 6.07) is 6.99. The molecule has 0 heterocycles. The Kier molecular flexibility index (Phi) is 6.37. The molecule has 1 aromatic carbocycles. The first-order valence-electron chi connectivity index (χ1n) is 8.25. The van der Waals surface area contributed by atoms with Crippen LogP contribution in [-0.4, -0.2) is 26.8 Å². The van der Waals surface area contributed by atoms with Crippen molar-refractivity contribution in [2.75, 3.05) is 20.8 Å². The van der Waals surface area contributed by atoms with E-state index in [2.05, 4.69) is 24.4 Å². The molecule has 1 fully saturated rings. The first-order chi connectivity index (χ1) is 10.3. The van der Waals surface area contributed by atoms with Crippen molar-refractivity contribution in [1.82, 2.24) is 5.32 Å². The molecule has 1 aliphatic carbocycles. The summed E-state index contributed by atoms with van der Waals surface area (Å²) < 4.78 is 10.8. The Morgan fingerprint density at radius 2 is 1.81 bits per heavy atom. The van der Waals surface area contributed by atoms with Crippen molar-refractivity contribution < 1.29 is 9.47 Å². The van der Waals surface area contributed by atoms with Gasteiger partial charge in [-0.2, -0.15) is 0 Å². The summed E-state index contributed by atoms with van der Waals surface area (Å²) in [5, 5.41) is 3.75. The molecule has 0 radical (unpaired) electrons. The second-order valence-corrected chi connectivity index (χ2v) is 5.92. The number of ether oxygens (including phenoxy) is 2. The predicted octanol–water partition coefficient (Wildman–Crippen LogP) is 4.12. The summed E-state index contributed by atoms with van der Waals surface area (Å²) in [4.78, 5) is 0. The predicted molar refractivity (Wildman–Crippen MR) is 87.5 cm³/mol. The molecule has 2 unspecified atom stereocenters. The van der Waals surface area contributed by atoms with E-state index in [1.54, 1.807) is 14.2 Å². The van der Waals surface area contributed by atoms with Crippen LogP contribution < -0.4 is 14.8 Å². The second-order valence-electron chi connectivity index (χ2n) is 5.92. The van der Waals surface area contributed by atoms with Crippen LogP contribution in [0.1, 0.15) is 56.9 Å². The maximum Gasteiger partial charge on any atom is 0.160 e. The van der Waals surface area contributed by atoms with Gasteiger partial charge in [-0.1, -0.05) is 32.3 Å². The third-order valence-corrected chi connectivity index (χ3v) is 4.51. The number of benzene rings is 1. The summed E-state index contributed by atoms with van der Waals surface area (Å²) in [6.07, 6.45) is 7.74. The maximum absolute atomic E-state index is 5.47. The molecule has 0 aromatic heterocycles. The van der Waals surface area contributed by atoms with E-state index in [-0.39, 0.29) is 0 Å². The molecule has 1 aromatic rings. The van der Waals surface area contributed by atoms with Crippen LogP contribution >= 0.6 is 0 Å². The minimum Gasteiger partial charge on any atom is -0.493 e. The maximum atomic E-state index is 5.47. The zero-order valence-electron chi connectivity index (χ0n) is 13.7. The van der Waals surface area contributed by atoms with Crippen molar-refractivity contribution in [1.29, 1.82) is 0 Å². The van der Waals surface area contributed by atoms with Gasteiger partial charge in [0.2, 0.25) is 0 Å². The van der Waals surface area contributed by atoms with E-state index in [1.807, 2.05) is 6.07 Å². The summed E-state index contributed by atoms with van der Waals surface area (Å²) in [5.74, 6) is 2.24. The Balaban J connectivity index is 2.22. The van der Waals surface area contributed by atoms with Gasteiger partial charge in [0.1, 0.15) is 0 Å². The third-order valence-electron chi connectivity index (χ3n) is 4.51. The summed E-state index contributed by atoms with van der Waals surface area (Å²) in [5.41, 5.74) is 1.38. The Morgan fingerprint density at radius 1 is 1.05 bits per heavy atom. The van der Waals surface area contributed by atoms with Gasteiger partial charge in [0, 0.05) is 6.04 Å².